The molecule has 2 aromatic carbocycles. The molecule has 0 saturated heterocycles. The lowest BCUT2D eigenvalue weighted by Crippen LogP contribution is -2.32. The molecule has 0 aliphatic heterocycles. The molecule has 0 spiro atoms. The van der Waals surface area contributed by atoms with Crippen LogP contribution in [-0.2, 0) is 11.3 Å². The monoisotopic (exact) mass is 378 g/mol. The van der Waals surface area contributed by atoms with E-state index in [4.69, 9.17) is 0 Å². The molecule has 0 bridgehead atoms. The Bertz CT molecular complexity index is 1260. The number of fused-ring (bicyclic) bond motifs is 3. The van der Waals surface area contributed by atoms with Gasteiger partial charge in [0.05, 0.1) is 5.52 Å². The maximum Gasteiger partial charge on any atom is 0.273 e. The highest BCUT2D eigenvalue weighted by atomic mass is 19.1. The van der Waals surface area contributed by atoms with Crippen LogP contribution in [-0.4, -0.2) is 20.1 Å². The topological polar surface area (TPSA) is 68.4 Å². The maximum atomic E-state index is 13.8. The summed E-state index contributed by atoms with van der Waals surface area (Å²) in [6, 6.07) is 14.7. The van der Waals surface area contributed by atoms with Gasteiger partial charge in [0.15, 0.2) is 5.65 Å². The van der Waals surface area contributed by atoms with E-state index >= 15 is 0 Å². The predicted molar refractivity (Wildman–Crippen MR) is 105 cm³/mol. The Labute approximate surface area is 160 Å². The number of rotatable bonds is 4. The molecule has 142 valence electrons. The zero-order valence-corrected chi connectivity index (χ0v) is 15.5. The molecule has 2 aromatic heterocycles. The number of hydrogen-bond acceptors (Lipinski definition) is 3. The number of nitrogens with one attached hydrogen (secondary N) is 1. The maximum absolute atomic E-state index is 13.8. The number of para-hydroxylation sites is 1. The Balaban J connectivity index is 1.76. The highest BCUT2D eigenvalue weighted by molar-refractivity contribution is 5.94. The van der Waals surface area contributed by atoms with Crippen LogP contribution < -0.4 is 10.9 Å². The van der Waals surface area contributed by atoms with Crippen molar-refractivity contribution in [3.05, 3.63) is 82.0 Å². The molecule has 6 nitrogen and oxygen atoms in total. The SMILES string of the molecule is Cc1cc(=O)nc2c3ccccc3n([C@H](C)C(=O)NCc3ccccc3F)n12. The molecule has 1 amide bonds. The van der Waals surface area contributed by atoms with E-state index in [2.05, 4.69) is 10.3 Å². The van der Waals surface area contributed by atoms with Crippen molar-refractivity contribution in [1.29, 1.82) is 0 Å². The molecule has 0 aliphatic carbocycles. The van der Waals surface area contributed by atoms with Gasteiger partial charge in [0.25, 0.3) is 5.56 Å². The van der Waals surface area contributed by atoms with Gasteiger partial charge in [-0.1, -0.05) is 30.3 Å². The van der Waals surface area contributed by atoms with Gasteiger partial charge in [-0.05, 0) is 32.0 Å². The second-order valence-corrected chi connectivity index (χ2v) is 6.72. The Hall–Kier alpha value is -3.48. The van der Waals surface area contributed by atoms with E-state index in [-0.39, 0.29) is 23.8 Å². The smallest absolute Gasteiger partial charge is 0.273 e. The number of carbonyl (C=O) groups is 1. The van der Waals surface area contributed by atoms with E-state index in [0.29, 0.717) is 16.9 Å². The summed E-state index contributed by atoms with van der Waals surface area (Å²) in [7, 11) is 0. The van der Waals surface area contributed by atoms with Crippen LogP contribution >= 0.6 is 0 Å². The zero-order chi connectivity index (χ0) is 19.8. The normalized spacial score (nSPS) is 12.4. The van der Waals surface area contributed by atoms with Crippen molar-refractivity contribution in [2.24, 2.45) is 0 Å². The van der Waals surface area contributed by atoms with E-state index in [1.54, 1.807) is 36.6 Å². The fourth-order valence-electron chi connectivity index (χ4n) is 3.47. The van der Waals surface area contributed by atoms with Gasteiger partial charge < -0.3 is 5.32 Å². The third-order valence-electron chi connectivity index (χ3n) is 4.85. The summed E-state index contributed by atoms with van der Waals surface area (Å²) < 4.78 is 17.4. The molecular formula is C21H19FN4O2. The number of amides is 1. The predicted octanol–water partition coefficient (Wildman–Crippen LogP) is 2.97. The lowest BCUT2D eigenvalue weighted by molar-refractivity contribution is -0.124. The number of aromatic nitrogens is 3. The Kier molecular flexibility index (Phi) is 4.43. The van der Waals surface area contributed by atoms with Crippen LogP contribution in [0.2, 0.25) is 0 Å². The molecule has 0 saturated carbocycles. The van der Waals surface area contributed by atoms with Crippen molar-refractivity contribution in [3.63, 3.8) is 0 Å². The molecule has 0 radical (unpaired) electrons. The summed E-state index contributed by atoms with van der Waals surface area (Å²) in [6.45, 7) is 3.66. The van der Waals surface area contributed by atoms with Crippen molar-refractivity contribution in [2.75, 3.05) is 0 Å². The second-order valence-electron chi connectivity index (χ2n) is 6.72. The van der Waals surface area contributed by atoms with Gasteiger partial charge in [0, 0.05) is 29.3 Å². The van der Waals surface area contributed by atoms with Gasteiger partial charge in [-0.3, -0.25) is 14.3 Å². The second kappa shape index (κ2) is 6.92. The van der Waals surface area contributed by atoms with Crippen molar-refractivity contribution in [2.45, 2.75) is 26.4 Å². The summed E-state index contributed by atoms with van der Waals surface area (Å²) in [5.74, 6) is -0.617. The molecule has 0 unspecified atom stereocenters. The van der Waals surface area contributed by atoms with Crippen LogP contribution in [0.25, 0.3) is 16.6 Å². The Morgan fingerprint density at radius 2 is 1.89 bits per heavy atom. The van der Waals surface area contributed by atoms with Gasteiger partial charge in [-0.15, -0.1) is 0 Å². The quantitative estimate of drug-likeness (QED) is 0.594. The third-order valence-corrected chi connectivity index (χ3v) is 4.85. The molecule has 0 aliphatic rings. The van der Waals surface area contributed by atoms with Gasteiger partial charge in [-0.2, -0.15) is 4.98 Å². The summed E-state index contributed by atoms with van der Waals surface area (Å²) >= 11 is 0. The summed E-state index contributed by atoms with van der Waals surface area (Å²) in [6.07, 6.45) is 0. The van der Waals surface area contributed by atoms with Gasteiger partial charge in [0.1, 0.15) is 11.9 Å². The van der Waals surface area contributed by atoms with E-state index in [9.17, 15) is 14.0 Å². The Morgan fingerprint density at radius 1 is 1.18 bits per heavy atom. The first-order chi connectivity index (χ1) is 13.5. The number of benzene rings is 2. The fourth-order valence-corrected chi connectivity index (χ4v) is 3.47. The first-order valence-corrected chi connectivity index (χ1v) is 8.98. The van der Waals surface area contributed by atoms with Crippen LogP contribution in [0, 0.1) is 12.7 Å². The van der Waals surface area contributed by atoms with Crippen LogP contribution in [0.15, 0.2) is 59.4 Å². The molecule has 0 fully saturated rings. The number of halogens is 1. The summed E-state index contributed by atoms with van der Waals surface area (Å²) in [4.78, 5) is 28.9. The van der Waals surface area contributed by atoms with Crippen LogP contribution in [0.3, 0.4) is 0 Å². The molecule has 1 N–H and O–H groups in total. The molecule has 7 heteroatoms. The van der Waals surface area contributed by atoms with Crippen molar-refractivity contribution in [1.82, 2.24) is 19.5 Å². The van der Waals surface area contributed by atoms with E-state index in [1.807, 2.05) is 28.9 Å². The fraction of sp³-hybridized carbons (Fsp3) is 0.190. The van der Waals surface area contributed by atoms with Gasteiger partial charge in [0.2, 0.25) is 5.91 Å². The lowest BCUT2D eigenvalue weighted by Gasteiger charge is -2.18. The van der Waals surface area contributed by atoms with Gasteiger partial charge >= 0.3 is 0 Å². The van der Waals surface area contributed by atoms with E-state index in [0.717, 1.165) is 10.9 Å². The zero-order valence-electron chi connectivity index (χ0n) is 15.5. The highest BCUT2D eigenvalue weighted by Gasteiger charge is 2.22. The summed E-state index contributed by atoms with van der Waals surface area (Å²) in [5, 5.41) is 3.58. The molecular weight excluding hydrogens is 359 g/mol. The van der Waals surface area contributed by atoms with E-state index < -0.39 is 6.04 Å². The molecule has 1 atom stereocenters. The molecule has 4 aromatic rings. The first kappa shape index (κ1) is 17.9. The Morgan fingerprint density at radius 3 is 2.68 bits per heavy atom. The minimum Gasteiger partial charge on any atom is -0.350 e. The van der Waals surface area contributed by atoms with Crippen molar-refractivity contribution >= 4 is 22.5 Å². The third kappa shape index (κ3) is 2.94. The molecule has 28 heavy (non-hydrogen) atoms. The standard InChI is InChI=1S/C21H19FN4O2/c1-13-11-19(27)24-20-16-8-4-6-10-18(16)26(25(13)20)14(2)21(28)23-12-15-7-3-5-9-17(15)22/h3-11,14H,12H2,1-2H3,(H,23,28)/t14-/m1/s1. The first-order valence-electron chi connectivity index (χ1n) is 8.98. The lowest BCUT2D eigenvalue weighted by atomic mass is 10.2. The number of hydrogen-bond donors (Lipinski definition) is 1. The average Bonchev–Trinajstić information content (AvgIpc) is 3.01. The van der Waals surface area contributed by atoms with Crippen molar-refractivity contribution < 1.29 is 9.18 Å². The minimum absolute atomic E-state index is 0.0968. The van der Waals surface area contributed by atoms with Crippen molar-refractivity contribution in [3.8, 4) is 0 Å². The van der Waals surface area contributed by atoms with Crippen LogP contribution in [0.5, 0.6) is 0 Å². The number of carbonyl (C=O) groups excluding carboxylic acids is 1. The average molecular weight is 378 g/mol. The van der Waals surface area contributed by atoms with Crippen LogP contribution in [0.4, 0.5) is 4.39 Å². The number of aryl methyl sites for hydroxylation is 1. The largest absolute Gasteiger partial charge is 0.350 e. The molecule has 4 rings (SSSR count). The van der Waals surface area contributed by atoms with Gasteiger partial charge in [-0.25, -0.2) is 8.91 Å². The molecule has 2 heterocycles. The van der Waals surface area contributed by atoms with E-state index in [1.165, 1.54) is 12.1 Å². The van der Waals surface area contributed by atoms with Crippen LogP contribution in [0.1, 0.15) is 24.2 Å². The number of nitrogens with zero attached hydrogens (tertiary/aromatic N) is 3. The summed E-state index contributed by atoms with van der Waals surface area (Å²) in [5.41, 5.74) is 2.08. The highest BCUT2D eigenvalue weighted by Crippen LogP contribution is 2.25. The minimum atomic E-state index is -0.600.